The molecule has 1 aromatic carbocycles. The Morgan fingerprint density at radius 3 is 2.45 bits per heavy atom. The van der Waals surface area contributed by atoms with Crippen molar-refractivity contribution in [1.29, 1.82) is 0 Å². The zero-order valence-corrected chi connectivity index (χ0v) is 12.4. The smallest absolute Gasteiger partial charge is 0.255 e. The lowest BCUT2D eigenvalue weighted by Crippen LogP contribution is -2.45. The minimum atomic E-state index is -0.321. The molecule has 0 fully saturated rings. The molecule has 0 aliphatic carbocycles. The average molecular weight is 278 g/mol. The number of nitrogens with one attached hydrogen (secondary N) is 2. The second-order valence-corrected chi connectivity index (χ2v) is 5.41. The van der Waals surface area contributed by atoms with Crippen LogP contribution in [-0.4, -0.2) is 30.5 Å². The third kappa shape index (κ3) is 5.30. The molecule has 0 radical (unpaired) electrons. The Bertz CT molecular complexity index is 478. The fourth-order valence-corrected chi connectivity index (χ4v) is 1.65. The number of amides is 2. The van der Waals surface area contributed by atoms with Gasteiger partial charge in [-0.2, -0.15) is 0 Å². The van der Waals surface area contributed by atoms with Crippen LogP contribution in [0.5, 0.6) is 5.75 Å². The quantitative estimate of drug-likeness (QED) is 0.862. The highest BCUT2D eigenvalue weighted by Crippen LogP contribution is 2.17. The maximum Gasteiger partial charge on any atom is 0.255 e. The lowest BCUT2D eigenvalue weighted by Gasteiger charge is -2.20. The number of benzene rings is 1. The molecule has 0 saturated carbocycles. The number of carbonyl (C=O) groups excluding carboxylic acids is 2. The Hall–Kier alpha value is -2.04. The normalized spacial score (nSPS) is 10.8. The maximum absolute atomic E-state index is 12.0. The molecule has 2 N–H and O–H groups in total. The largest absolute Gasteiger partial charge is 0.493 e. The minimum absolute atomic E-state index is 0.0590. The van der Waals surface area contributed by atoms with Crippen LogP contribution in [0.25, 0.3) is 0 Å². The van der Waals surface area contributed by atoms with Crippen LogP contribution in [-0.2, 0) is 4.79 Å². The molecule has 110 valence electrons. The molecule has 0 atom stereocenters. The van der Waals surface area contributed by atoms with Gasteiger partial charge in [0.15, 0.2) is 0 Å². The van der Waals surface area contributed by atoms with Crippen LogP contribution in [0.1, 0.15) is 38.1 Å². The van der Waals surface area contributed by atoms with Crippen molar-refractivity contribution >= 4 is 11.8 Å². The molecule has 0 unspecified atom stereocenters. The first-order valence-corrected chi connectivity index (χ1v) is 6.64. The first kappa shape index (κ1) is 16.0. The maximum atomic E-state index is 12.0. The van der Waals surface area contributed by atoms with Crippen molar-refractivity contribution in [3.8, 4) is 5.75 Å². The molecule has 2 amide bonds. The zero-order chi connectivity index (χ0) is 15.2. The molecule has 5 nitrogen and oxygen atoms in total. The van der Waals surface area contributed by atoms with Gasteiger partial charge in [-0.25, -0.2) is 0 Å². The highest BCUT2D eigenvalue weighted by molar-refractivity contribution is 5.98. The molecule has 0 aromatic heterocycles. The van der Waals surface area contributed by atoms with Crippen molar-refractivity contribution in [2.24, 2.45) is 0 Å². The molecule has 0 aliphatic heterocycles. The number of para-hydroxylation sites is 1. The van der Waals surface area contributed by atoms with Crippen LogP contribution < -0.4 is 15.4 Å². The fraction of sp³-hybridized carbons (Fsp3) is 0.467. The van der Waals surface area contributed by atoms with Crippen molar-refractivity contribution in [3.63, 3.8) is 0 Å². The summed E-state index contributed by atoms with van der Waals surface area (Å²) in [6.45, 7) is 7.93. The van der Waals surface area contributed by atoms with Gasteiger partial charge in [-0.1, -0.05) is 12.1 Å². The summed E-state index contributed by atoms with van der Waals surface area (Å²) in [4.78, 5) is 23.7. The molecule has 0 aliphatic rings. The first-order chi connectivity index (χ1) is 9.33. The first-order valence-electron chi connectivity index (χ1n) is 6.64. The second kappa shape index (κ2) is 6.93. The lowest BCUT2D eigenvalue weighted by atomic mass is 10.1. The van der Waals surface area contributed by atoms with Crippen molar-refractivity contribution in [3.05, 3.63) is 29.8 Å². The van der Waals surface area contributed by atoms with Crippen LogP contribution in [0.4, 0.5) is 0 Å². The van der Waals surface area contributed by atoms with Crippen LogP contribution in [0, 0.1) is 0 Å². The SMILES string of the molecule is CCOc1ccccc1C(=O)NCC(=O)NC(C)(C)C. The van der Waals surface area contributed by atoms with Gasteiger partial charge in [-0.05, 0) is 39.8 Å². The van der Waals surface area contributed by atoms with E-state index in [1.807, 2.05) is 27.7 Å². The van der Waals surface area contributed by atoms with E-state index in [9.17, 15) is 9.59 Å². The van der Waals surface area contributed by atoms with Gasteiger partial charge in [0, 0.05) is 5.54 Å². The average Bonchev–Trinajstić information content (AvgIpc) is 2.35. The van der Waals surface area contributed by atoms with Crippen molar-refractivity contribution < 1.29 is 14.3 Å². The van der Waals surface area contributed by atoms with E-state index in [1.165, 1.54) is 0 Å². The van der Waals surface area contributed by atoms with E-state index >= 15 is 0 Å². The third-order valence-electron chi connectivity index (χ3n) is 2.36. The van der Waals surface area contributed by atoms with E-state index in [-0.39, 0.29) is 23.9 Å². The van der Waals surface area contributed by atoms with Crippen molar-refractivity contribution in [1.82, 2.24) is 10.6 Å². The number of hydrogen-bond donors (Lipinski definition) is 2. The molecule has 5 heteroatoms. The second-order valence-electron chi connectivity index (χ2n) is 5.41. The van der Waals surface area contributed by atoms with Gasteiger partial charge in [0.2, 0.25) is 5.91 Å². The Morgan fingerprint density at radius 1 is 1.20 bits per heavy atom. The van der Waals surface area contributed by atoms with E-state index in [4.69, 9.17) is 4.74 Å². The lowest BCUT2D eigenvalue weighted by molar-refractivity contribution is -0.121. The molecule has 1 rings (SSSR count). The number of ether oxygens (including phenoxy) is 1. The van der Waals surface area contributed by atoms with Gasteiger partial charge in [-0.15, -0.1) is 0 Å². The van der Waals surface area contributed by atoms with E-state index in [2.05, 4.69) is 10.6 Å². The summed E-state index contributed by atoms with van der Waals surface area (Å²) in [5.41, 5.74) is 0.114. The van der Waals surface area contributed by atoms with Gasteiger partial charge in [0.05, 0.1) is 18.7 Å². The summed E-state index contributed by atoms with van der Waals surface area (Å²) >= 11 is 0. The van der Waals surface area contributed by atoms with Gasteiger partial charge >= 0.3 is 0 Å². The van der Waals surface area contributed by atoms with Crippen LogP contribution >= 0.6 is 0 Å². The molecule has 1 aromatic rings. The van der Waals surface area contributed by atoms with Gasteiger partial charge < -0.3 is 15.4 Å². The minimum Gasteiger partial charge on any atom is -0.493 e. The zero-order valence-electron chi connectivity index (χ0n) is 12.4. The Balaban J connectivity index is 2.61. The molecular formula is C15H22N2O3. The van der Waals surface area contributed by atoms with Crippen LogP contribution in [0.15, 0.2) is 24.3 Å². The van der Waals surface area contributed by atoms with E-state index < -0.39 is 0 Å². The number of carbonyl (C=O) groups is 2. The highest BCUT2D eigenvalue weighted by Gasteiger charge is 2.16. The van der Waals surface area contributed by atoms with Gasteiger partial charge in [0.1, 0.15) is 5.75 Å². The van der Waals surface area contributed by atoms with Crippen LogP contribution in [0.2, 0.25) is 0 Å². The summed E-state index contributed by atoms with van der Waals surface area (Å²) in [6.07, 6.45) is 0. The summed E-state index contributed by atoms with van der Waals surface area (Å²) in [6, 6.07) is 6.95. The molecule has 0 heterocycles. The van der Waals surface area contributed by atoms with E-state index in [1.54, 1.807) is 24.3 Å². The highest BCUT2D eigenvalue weighted by atomic mass is 16.5. The standard InChI is InChI=1S/C15H22N2O3/c1-5-20-12-9-7-6-8-11(12)14(19)16-10-13(18)17-15(2,3)4/h6-9H,5,10H2,1-4H3,(H,16,19)(H,17,18). The van der Waals surface area contributed by atoms with E-state index in [0.717, 1.165) is 0 Å². The molecular weight excluding hydrogens is 256 g/mol. The van der Waals surface area contributed by atoms with Crippen molar-refractivity contribution in [2.75, 3.05) is 13.2 Å². The summed E-state index contributed by atoms with van der Waals surface area (Å²) in [5, 5.41) is 5.37. The predicted molar refractivity (Wildman–Crippen MR) is 77.8 cm³/mol. The van der Waals surface area contributed by atoms with Gasteiger partial charge in [0.25, 0.3) is 5.91 Å². The Morgan fingerprint density at radius 2 is 1.85 bits per heavy atom. The summed E-state index contributed by atoms with van der Waals surface area (Å²) in [5.74, 6) is -0.0263. The fourth-order valence-electron chi connectivity index (χ4n) is 1.65. The molecule has 0 spiro atoms. The van der Waals surface area contributed by atoms with E-state index in [0.29, 0.717) is 17.9 Å². The number of rotatable bonds is 5. The Kier molecular flexibility index (Phi) is 5.55. The third-order valence-corrected chi connectivity index (χ3v) is 2.36. The Labute approximate surface area is 119 Å². The number of hydrogen-bond acceptors (Lipinski definition) is 3. The topological polar surface area (TPSA) is 67.4 Å². The summed E-state index contributed by atoms with van der Waals surface area (Å²) < 4.78 is 5.38. The van der Waals surface area contributed by atoms with Gasteiger partial charge in [-0.3, -0.25) is 9.59 Å². The summed E-state index contributed by atoms with van der Waals surface area (Å²) in [7, 11) is 0. The van der Waals surface area contributed by atoms with Crippen LogP contribution in [0.3, 0.4) is 0 Å². The molecule has 0 bridgehead atoms. The predicted octanol–water partition coefficient (Wildman–Crippen LogP) is 1.73. The van der Waals surface area contributed by atoms with Crippen molar-refractivity contribution in [2.45, 2.75) is 33.2 Å². The monoisotopic (exact) mass is 278 g/mol. The molecule has 20 heavy (non-hydrogen) atoms. The molecule has 0 saturated heterocycles.